The average Bonchev–Trinajstić information content (AvgIpc) is 0.967. The van der Waals surface area contributed by atoms with Gasteiger partial charge in [-0.3, -0.25) is 43.3 Å². The first-order valence-corrected chi connectivity index (χ1v) is 30.5. The van der Waals surface area contributed by atoms with E-state index in [1.165, 1.54) is 35.2 Å². The van der Waals surface area contributed by atoms with Crippen LogP contribution in [0, 0.1) is 0 Å². The molecule has 24 N–H and O–H groups in total. The molecule has 0 aromatic carbocycles. The Labute approximate surface area is 554 Å². The molecule has 0 aliphatic rings. The molecule has 0 aromatic heterocycles. The van der Waals surface area contributed by atoms with Gasteiger partial charge in [-0.2, -0.15) is 0 Å². The average molecular weight is 1400 g/mol. The number of hydrogen-bond acceptors (Lipinski definition) is 33. The summed E-state index contributed by atoms with van der Waals surface area (Å²) in [6, 6.07) is -1.52. The number of aliphatic hydroxyl groups excluding tert-OH is 20. The van der Waals surface area contributed by atoms with Crippen molar-refractivity contribution in [1.82, 2.24) is 44.9 Å². The molecule has 0 bridgehead atoms. The minimum absolute atomic E-state index is 0.00126. The number of hydrogen-bond donors (Lipinski definition) is 23. The van der Waals surface area contributed by atoms with Crippen LogP contribution in [-0.2, 0) is 52.6 Å². The zero-order valence-corrected chi connectivity index (χ0v) is 54.6. The predicted molar refractivity (Wildman–Crippen MR) is 326 cm³/mol. The lowest BCUT2D eigenvalue weighted by Gasteiger charge is -2.34. The van der Waals surface area contributed by atoms with Gasteiger partial charge in [-0.15, -0.1) is 0 Å². The van der Waals surface area contributed by atoms with Crippen LogP contribution >= 0.6 is 0 Å². The van der Waals surface area contributed by atoms with Gasteiger partial charge >= 0.3 is 0 Å². The fraction of sp³-hybridized carbons (Fsp3) is 0.855. The number of rotatable bonds is 53. The van der Waals surface area contributed by atoms with Gasteiger partial charge < -0.3 is 162 Å². The van der Waals surface area contributed by atoms with Gasteiger partial charge in [0.2, 0.25) is 47.3 Å². The van der Waals surface area contributed by atoms with Crippen LogP contribution in [0.1, 0.15) is 19.3 Å². The lowest BCUT2D eigenvalue weighted by Crippen LogP contribution is -2.54. The van der Waals surface area contributed by atoms with Gasteiger partial charge in [0.05, 0.1) is 124 Å². The molecule has 0 aliphatic carbocycles. The van der Waals surface area contributed by atoms with Gasteiger partial charge in [0, 0.05) is 68.0 Å². The highest BCUT2D eigenvalue weighted by Crippen LogP contribution is 2.15. The van der Waals surface area contributed by atoms with Crippen LogP contribution < -0.4 is 16.4 Å². The third kappa shape index (κ3) is 34.0. The van der Waals surface area contributed by atoms with Crippen molar-refractivity contribution in [3.05, 3.63) is 0 Å². The number of aliphatic hydroxyl groups is 20. The molecule has 0 aromatic rings. The van der Waals surface area contributed by atoms with Gasteiger partial charge in [0.1, 0.15) is 91.5 Å². The van der Waals surface area contributed by atoms with E-state index in [1.807, 2.05) is 0 Å². The van der Waals surface area contributed by atoms with Crippen LogP contribution in [0.5, 0.6) is 0 Å². The van der Waals surface area contributed by atoms with Gasteiger partial charge in [-0.1, -0.05) is 0 Å². The molecule has 0 rings (SSSR count). The Balaban J connectivity index is 5.60. The molecular weight excluding hydrogens is 1300 g/mol. The Morgan fingerprint density at radius 2 is 0.708 bits per heavy atom. The van der Waals surface area contributed by atoms with Crippen LogP contribution in [0.3, 0.4) is 0 Å². The van der Waals surface area contributed by atoms with Crippen molar-refractivity contribution in [2.45, 2.75) is 123 Å². The summed E-state index contributed by atoms with van der Waals surface area (Å²) < 4.78 is 16.2. The molecule has 41 heteroatoms. The molecule has 0 saturated heterocycles. The van der Waals surface area contributed by atoms with Crippen molar-refractivity contribution in [3.63, 3.8) is 0 Å². The summed E-state index contributed by atoms with van der Waals surface area (Å²) in [5.74, 6) is -6.06. The molecule has 0 saturated carbocycles. The van der Waals surface area contributed by atoms with Crippen molar-refractivity contribution >= 4 is 47.3 Å². The maximum Gasteiger partial charge on any atom is 0.245 e. The van der Waals surface area contributed by atoms with Gasteiger partial charge in [-0.05, 0) is 19.4 Å². The summed E-state index contributed by atoms with van der Waals surface area (Å²) >= 11 is 0. The SMILES string of the molecule is CN(CC(=O)NCCOCCOCCOCCC(=O)N(C[C@H](O)[C@@H](O)[C@H](O)[C@H](O)CO)C[C@H](O)[C@@H](O)[C@H](O)[C@H](O)CO)C(=O)CN(C)C(=O)CN(C)C(=O)C(CCCN(C[C@H](O)[C@@H](O)[C@H](O)[C@H](O)CO)C[C@H](O)[C@@H](O)[C@H](O)[C@H](O)CO)NC(=O)CN(C)C(=O)CN(C)C(=O)CN. The maximum atomic E-state index is 14.1. The Hall–Kier alpha value is -5.24. The Morgan fingerprint density at radius 3 is 1.09 bits per heavy atom. The van der Waals surface area contributed by atoms with E-state index in [0.29, 0.717) is 0 Å². The van der Waals surface area contributed by atoms with Gasteiger partial charge in [0.25, 0.3) is 0 Å². The Morgan fingerprint density at radius 1 is 0.385 bits per heavy atom. The molecule has 8 amide bonds. The van der Waals surface area contributed by atoms with Crippen molar-refractivity contribution in [2.75, 3.05) is 180 Å². The maximum absolute atomic E-state index is 14.1. The molecule has 17 atom stereocenters. The van der Waals surface area contributed by atoms with E-state index >= 15 is 0 Å². The van der Waals surface area contributed by atoms with Crippen LogP contribution in [0.2, 0.25) is 0 Å². The van der Waals surface area contributed by atoms with E-state index in [-0.39, 0.29) is 65.6 Å². The summed E-state index contributed by atoms with van der Waals surface area (Å²) in [5.41, 5.74) is 5.36. The second kappa shape index (κ2) is 48.5. The Bertz CT molecular complexity index is 2200. The normalized spacial score (nSPS) is 17.1. The topological polar surface area (TPSA) is 642 Å². The molecule has 0 aliphatic heterocycles. The van der Waals surface area contributed by atoms with Crippen LogP contribution in [0.15, 0.2) is 0 Å². The molecule has 0 spiro atoms. The first-order valence-electron chi connectivity index (χ1n) is 30.5. The fourth-order valence-corrected chi connectivity index (χ4v) is 8.65. The highest BCUT2D eigenvalue weighted by molar-refractivity contribution is 5.93. The summed E-state index contributed by atoms with van der Waals surface area (Å²) in [4.78, 5) is 111. The summed E-state index contributed by atoms with van der Waals surface area (Å²) in [6.07, 6.45) is -33.0. The van der Waals surface area contributed by atoms with E-state index in [2.05, 4.69) is 10.6 Å². The zero-order valence-electron chi connectivity index (χ0n) is 54.6. The highest BCUT2D eigenvalue weighted by Gasteiger charge is 2.38. The van der Waals surface area contributed by atoms with E-state index in [9.17, 15) is 130 Å². The largest absolute Gasteiger partial charge is 0.394 e. The minimum atomic E-state index is -2.12. The second-order valence-electron chi connectivity index (χ2n) is 22.8. The lowest BCUT2D eigenvalue weighted by atomic mass is 10.0. The lowest BCUT2D eigenvalue weighted by molar-refractivity contribution is -0.149. The number of ether oxygens (including phenoxy) is 3. The third-order valence-corrected chi connectivity index (χ3v) is 14.9. The summed E-state index contributed by atoms with van der Waals surface area (Å²) in [6.45, 7) is -10.8. The highest BCUT2D eigenvalue weighted by atomic mass is 16.5. The van der Waals surface area contributed by atoms with Gasteiger partial charge in [0.15, 0.2) is 0 Å². The number of amides is 8. The summed E-state index contributed by atoms with van der Waals surface area (Å²) in [5, 5.41) is 205. The number of carbonyl (C=O) groups excluding carboxylic acids is 8. The van der Waals surface area contributed by atoms with E-state index < -0.39 is 249 Å². The van der Waals surface area contributed by atoms with Crippen molar-refractivity contribution in [2.24, 2.45) is 5.73 Å². The van der Waals surface area contributed by atoms with Crippen molar-refractivity contribution < 1.29 is 155 Å². The van der Waals surface area contributed by atoms with Crippen molar-refractivity contribution in [3.8, 4) is 0 Å². The number of nitrogens with zero attached hydrogens (tertiary/aromatic N) is 7. The zero-order chi connectivity index (χ0) is 73.7. The molecule has 562 valence electrons. The van der Waals surface area contributed by atoms with E-state index in [4.69, 9.17) is 30.2 Å². The smallest absolute Gasteiger partial charge is 0.245 e. The van der Waals surface area contributed by atoms with Gasteiger partial charge in [-0.25, -0.2) is 0 Å². The molecular formula is C55H106N10O31. The molecule has 0 radical (unpaired) electrons. The molecule has 0 fully saturated rings. The quantitative estimate of drug-likeness (QED) is 0.0252. The van der Waals surface area contributed by atoms with Crippen molar-refractivity contribution in [1.29, 1.82) is 0 Å². The standard InChI is InChI=1S/C55H106N10O31/c1-59(22-40(78)57-9-12-95-14-16-96-15-13-94-11-8-42(80)65(20-34(72)49(87)53(91)38(76)29-68)21-35(73)50(88)54(92)39(77)30-69)45(83)25-62(4)46(84)26-63(5)55(93)31(58-41(79)23-60(2)44(82)24-61(3)43(81)17-56)7-6-10-64(18-32(70)47(85)51(89)36(74)27-66)19-33(71)48(86)52(90)37(75)28-67/h31-39,47-54,66-77,85-92H,6-30,56H2,1-5H3,(H,57,78)(H,58,79)/t31?,32-,33-,34-,35-,36+,37+,38+,39+,47+,48+,49+,50+,51+,52+,53+,54+/m0/s1. The number of nitrogens with one attached hydrogen (secondary N) is 2. The first kappa shape index (κ1) is 90.8. The fourth-order valence-electron chi connectivity index (χ4n) is 8.65. The summed E-state index contributed by atoms with van der Waals surface area (Å²) in [7, 11) is 6.22. The molecule has 0 heterocycles. The van der Waals surface area contributed by atoms with Crippen LogP contribution in [0.25, 0.3) is 0 Å². The van der Waals surface area contributed by atoms with Crippen LogP contribution in [0.4, 0.5) is 0 Å². The third-order valence-electron chi connectivity index (χ3n) is 14.9. The molecule has 1 unspecified atom stereocenters. The Kier molecular flexibility index (Phi) is 45.8. The number of likely N-dealkylation sites (N-methyl/N-ethyl adjacent to an activating group) is 5. The van der Waals surface area contributed by atoms with Crippen LogP contribution in [-0.4, -0.2) is 467 Å². The van der Waals surface area contributed by atoms with E-state index in [1.54, 1.807) is 0 Å². The first-order chi connectivity index (χ1) is 45.0. The molecule has 41 nitrogen and oxygen atoms in total. The monoisotopic (exact) mass is 1400 g/mol. The number of nitrogens with two attached hydrogens (primary N) is 1. The molecule has 96 heavy (non-hydrogen) atoms. The predicted octanol–water partition coefficient (Wildman–Crippen LogP) is -17.1. The second-order valence-corrected chi connectivity index (χ2v) is 22.8. The minimum Gasteiger partial charge on any atom is -0.394 e. The van der Waals surface area contributed by atoms with E-state index in [0.717, 1.165) is 34.3 Å². The number of carbonyl (C=O) groups is 8.